The Labute approximate surface area is 131 Å². The van der Waals surface area contributed by atoms with Crippen molar-refractivity contribution >= 4 is 5.91 Å². The van der Waals surface area contributed by atoms with Crippen molar-refractivity contribution in [1.29, 1.82) is 0 Å². The Morgan fingerprint density at radius 3 is 2.95 bits per heavy atom. The Balaban J connectivity index is 1.37. The van der Waals surface area contributed by atoms with Gasteiger partial charge in [-0.05, 0) is 24.8 Å². The van der Waals surface area contributed by atoms with Crippen molar-refractivity contribution in [3.05, 3.63) is 35.9 Å². The zero-order valence-electron chi connectivity index (χ0n) is 12.8. The number of rotatable bonds is 6. The Hall–Kier alpha value is -1.43. The van der Waals surface area contributed by atoms with Crippen molar-refractivity contribution in [3.8, 4) is 0 Å². The molecule has 0 aliphatic carbocycles. The molecule has 2 saturated heterocycles. The van der Waals surface area contributed by atoms with Crippen LogP contribution in [0.15, 0.2) is 30.3 Å². The minimum absolute atomic E-state index is 0.0362. The number of carbonyl (C=O) groups is 1. The van der Waals surface area contributed by atoms with Gasteiger partial charge < -0.3 is 10.1 Å². The minimum Gasteiger partial charge on any atom is -0.381 e. The van der Waals surface area contributed by atoms with Gasteiger partial charge in [0.2, 0.25) is 5.91 Å². The van der Waals surface area contributed by atoms with Gasteiger partial charge in [-0.2, -0.15) is 5.48 Å². The van der Waals surface area contributed by atoms with Gasteiger partial charge in [0, 0.05) is 25.5 Å². The van der Waals surface area contributed by atoms with Crippen molar-refractivity contribution in [2.24, 2.45) is 5.92 Å². The monoisotopic (exact) mass is 304 g/mol. The van der Waals surface area contributed by atoms with Gasteiger partial charge in [-0.25, -0.2) is 0 Å². The maximum Gasteiger partial charge on any atom is 0.239 e. The summed E-state index contributed by atoms with van der Waals surface area (Å²) in [5, 5.41) is 3.00. The number of nitrogens with one attached hydrogen (secondary N) is 2. The molecule has 2 heterocycles. The highest BCUT2D eigenvalue weighted by Gasteiger charge is 2.30. The van der Waals surface area contributed by atoms with E-state index in [9.17, 15) is 4.79 Å². The van der Waals surface area contributed by atoms with E-state index in [1.165, 1.54) is 5.56 Å². The highest BCUT2D eigenvalue weighted by Crippen LogP contribution is 2.17. The van der Waals surface area contributed by atoms with E-state index in [-0.39, 0.29) is 18.1 Å². The standard InChI is InChI=1S/C17H24N2O3/c20-17(18-11-14-8-9-21-12-14)16-10-15(22-19-16)7-6-13-4-2-1-3-5-13/h1-5,14-16,19H,6-12H2,(H,18,20). The smallest absolute Gasteiger partial charge is 0.239 e. The number of hydroxylamine groups is 1. The van der Waals surface area contributed by atoms with Gasteiger partial charge in [0.15, 0.2) is 0 Å². The van der Waals surface area contributed by atoms with Crippen LogP contribution in [0.3, 0.4) is 0 Å². The molecule has 3 rings (SSSR count). The molecule has 120 valence electrons. The number of carbonyl (C=O) groups excluding carboxylic acids is 1. The lowest BCUT2D eigenvalue weighted by Gasteiger charge is -2.12. The summed E-state index contributed by atoms with van der Waals surface area (Å²) in [6.07, 6.45) is 3.78. The number of hydrogen-bond donors (Lipinski definition) is 2. The molecular formula is C17H24N2O3. The average molecular weight is 304 g/mol. The zero-order chi connectivity index (χ0) is 15.2. The zero-order valence-corrected chi connectivity index (χ0v) is 12.8. The molecule has 2 aliphatic rings. The first-order valence-electron chi connectivity index (χ1n) is 8.12. The summed E-state index contributed by atoms with van der Waals surface area (Å²) in [6.45, 7) is 2.27. The highest BCUT2D eigenvalue weighted by molar-refractivity contribution is 5.81. The second kappa shape index (κ2) is 7.72. The summed E-state index contributed by atoms with van der Waals surface area (Å²) in [7, 11) is 0. The fourth-order valence-electron chi connectivity index (χ4n) is 2.96. The van der Waals surface area contributed by atoms with Crippen LogP contribution in [0, 0.1) is 5.92 Å². The minimum atomic E-state index is -0.233. The Morgan fingerprint density at radius 2 is 2.18 bits per heavy atom. The van der Waals surface area contributed by atoms with Crippen LogP contribution in [-0.4, -0.2) is 37.8 Å². The van der Waals surface area contributed by atoms with Crippen LogP contribution in [0.1, 0.15) is 24.8 Å². The van der Waals surface area contributed by atoms with Gasteiger partial charge in [0.25, 0.3) is 0 Å². The third-order valence-electron chi connectivity index (χ3n) is 4.38. The van der Waals surface area contributed by atoms with Crippen molar-refractivity contribution in [1.82, 2.24) is 10.8 Å². The second-order valence-corrected chi connectivity index (χ2v) is 6.15. The Kier molecular flexibility index (Phi) is 5.43. The molecule has 0 radical (unpaired) electrons. The molecule has 2 aliphatic heterocycles. The van der Waals surface area contributed by atoms with Crippen molar-refractivity contribution < 1.29 is 14.4 Å². The van der Waals surface area contributed by atoms with Crippen LogP contribution < -0.4 is 10.8 Å². The average Bonchev–Trinajstić information content (AvgIpc) is 3.23. The van der Waals surface area contributed by atoms with Crippen molar-refractivity contribution in [3.63, 3.8) is 0 Å². The fraction of sp³-hybridized carbons (Fsp3) is 0.588. The van der Waals surface area contributed by atoms with E-state index in [1.807, 2.05) is 18.2 Å². The summed E-state index contributed by atoms with van der Waals surface area (Å²) in [5.41, 5.74) is 4.18. The molecule has 22 heavy (non-hydrogen) atoms. The van der Waals surface area contributed by atoms with Crippen LogP contribution in [0.4, 0.5) is 0 Å². The summed E-state index contributed by atoms with van der Waals surface area (Å²) in [6, 6.07) is 10.1. The van der Waals surface area contributed by atoms with Gasteiger partial charge in [0.05, 0.1) is 12.7 Å². The van der Waals surface area contributed by atoms with Crippen molar-refractivity contribution in [2.75, 3.05) is 19.8 Å². The van der Waals surface area contributed by atoms with Gasteiger partial charge in [-0.15, -0.1) is 0 Å². The van der Waals surface area contributed by atoms with Crippen LogP contribution in [-0.2, 0) is 20.8 Å². The predicted molar refractivity (Wildman–Crippen MR) is 83.1 cm³/mol. The summed E-state index contributed by atoms with van der Waals surface area (Å²) < 4.78 is 5.31. The molecule has 3 atom stereocenters. The number of aryl methyl sites for hydroxylation is 1. The molecule has 0 spiro atoms. The summed E-state index contributed by atoms with van der Waals surface area (Å²) >= 11 is 0. The third kappa shape index (κ3) is 4.29. The molecule has 0 aromatic heterocycles. The highest BCUT2D eigenvalue weighted by atomic mass is 16.7. The number of hydrogen-bond acceptors (Lipinski definition) is 4. The van der Waals surface area contributed by atoms with Crippen LogP contribution >= 0.6 is 0 Å². The second-order valence-electron chi connectivity index (χ2n) is 6.15. The van der Waals surface area contributed by atoms with E-state index in [2.05, 4.69) is 22.9 Å². The van der Waals surface area contributed by atoms with E-state index in [0.717, 1.165) is 38.9 Å². The number of ether oxygens (including phenoxy) is 1. The third-order valence-corrected chi connectivity index (χ3v) is 4.38. The Morgan fingerprint density at radius 1 is 1.32 bits per heavy atom. The molecule has 1 aromatic carbocycles. The molecule has 2 N–H and O–H groups in total. The molecule has 0 saturated carbocycles. The first kappa shape index (κ1) is 15.5. The summed E-state index contributed by atoms with van der Waals surface area (Å²) in [5.74, 6) is 0.495. The maximum absolute atomic E-state index is 12.1. The quantitative estimate of drug-likeness (QED) is 0.835. The van der Waals surface area contributed by atoms with Gasteiger partial charge in [-0.1, -0.05) is 30.3 Å². The van der Waals surface area contributed by atoms with Crippen LogP contribution in [0.25, 0.3) is 0 Å². The van der Waals surface area contributed by atoms with Crippen LogP contribution in [0.5, 0.6) is 0 Å². The van der Waals surface area contributed by atoms with Gasteiger partial charge in [0.1, 0.15) is 6.04 Å². The largest absolute Gasteiger partial charge is 0.381 e. The number of amides is 1. The molecule has 3 unspecified atom stereocenters. The topological polar surface area (TPSA) is 59.6 Å². The molecular weight excluding hydrogens is 280 g/mol. The van der Waals surface area contributed by atoms with Gasteiger partial charge >= 0.3 is 0 Å². The lowest BCUT2D eigenvalue weighted by atomic mass is 10.0. The summed E-state index contributed by atoms with van der Waals surface area (Å²) in [4.78, 5) is 17.7. The normalized spacial score (nSPS) is 27.9. The molecule has 5 heteroatoms. The molecule has 1 aromatic rings. The van der Waals surface area contributed by atoms with E-state index in [4.69, 9.17) is 9.57 Å². The molecule has 2 fully saturated rings. The molecule has 5 nitrogen and oxygen atoms in total. The first-order chi connectivity index (χ1) is 10.8. The molecule has 0 bridgehead atoms. The fourth-order valence-corrected chi connectivity index (χ4v) is 2.96. The lowest BCUT2D eigenvalue weighted by Crippen LogP contribution is -2.42. The first-order valence-corrected chi connectivity index (χ1v) is 8.12. The predicted octanol–water partition coefficient (Wildman–Crippen LogP) is 1.43. The lowest BCUT2D eigenvalue weighted by molar-refractivity contribution is -0.124. The van der Waals surface area contributed by atoms with Gasteiger partial charge in [-0.3, -0.25) is 9.63 Å². The van der Waals surface area contributed by atoms with E-state index in [1.54, 1.807) is 0 Å². The van der Waals surface area contributed by atoms with E-state index >= 15 is 0 Å². The van der Waals surface area contributed by atoms with E-state index < -0.39 is 0 Å². The maximum atomic E-state index is 12.1. The number of benzene rings is 1. The molecule has 1 amide bonds. The van der Waals surface area contributed by atoms with E-state index in [0.29, 0.717) is 12.5 Å². The van der Waals surface area contributed by atoms with Crippen molar-refractivity contribution in [2.45, 2.75) is 37.8 Å². The SMILES string of the molecule is O=C(NCC1CCOC1)C1CC(CCc2ccccc2)ON1. The van der Waals surface area contributed by atoms with Crippen LogP contribution in [0.2, 0.25) is 0 Å². The Bertz CT molecular complexity index is 474.